The van der Waals surface area contributed by atoms with Gasteiger partial charge in [0, 0.05) is 11.1 Å². The van der Waals surface area contributed by atoms with Gasteiger partial charge >= 0.3 is 0 Å². The molecule has 6 heteroatoms. The Morgan fingerprint density at radius 3 is 0.740 bits per heavy atom. The van der Waals surface area contributed by atoms with E-state index >= 15 is 0 Å². The minimum atomic E-state index is -2.29. The summed E-state index contributed by atoms with van der Waals surface area (Å²) in [4.78, 5) is 0. The Kier molecular flexibility index (Phi) is 11.2. The van der Waals surface area contributed by atoms with Crippen LogP contribution in [0.1, 0.15) is 11.1 Å². The normalized spacial score (nSPS) is 15.6. The lowest BCUT2D eigenvalue weighted by Gasteiger charge is -2.30. The van der Waals surface area contributed by atoms with Crippen molar-refractivity contribution in [1.82, 2.24) is 0 Å². The van der Waals surface area contributed by atoms with E-state index in [0.29, 0.717) is 0 Å². The van der Waals surface area contributed by atoms with Crippen molar-refractivity contribution in [2.75, 3.05) is 0 Å². The smallest absolute Gasteiger partial charge is 0.209 e. The van der Waals surface area contributed by atoms with E-state index in [1.54, 1.807) is 0 Å². The van der Waals surface area contributed by atoms with Crippen LogP contribution in [0.3, 0.4) is 0 Å². The van der Waals surface area contributed by atoms with Crippen LogP contribution in [0, 0.1) is 0 Å². The van der Waals surface area contributed by atoms with Crippen LogP contribution in [0.15, 0.2) is 217 Å². The Bertz CT molecular complexity index is 1920. The monoisotopic (exact) mass is 814 g/mol. The fourth-order valence-corrected chi connectivity index (χ4v) is 13.3. The summed E-state index contributed by atoms with van der Waals surface area (Å²) in [7, 11) is -4.59. The average Bonchev–Trinajstić information content (AvgIpc) is 3.19. The molecule has 8 rings (SSSR count). The van der Waals surface area contributed by atoms with Gasteiger partial charge < -0.3 is 43.4 Å². The van der Waals surface area contributed by atoms with Gasteiger partial charge in [-0.15, -0.1) is 0 Å². The molecule has 0 saturated heterocycles. The van der Waals surface area contributed by atoms with E-state index < -0.39 is 14.5 Å². The molecule has 2 aliphatic heterocycles. The molecule has 0 aliphatic carbocycles. The highest BCUT2D eigenvalue weighted by atomic mass is 79.9. The summed E-state index contributed by atoms with van der Waals surface area (Å²) in [6.45, 7) is 0. The van der Waals surface area contributed by atoms with Crippen molar-refractivity contribution in [1.29, 1.82) is 0 Å². The second-order valence-electron chi connectivity index (χ2n) is 11.8. The van der Waals surface area contributed by atoms with E-state index in [1.165, 1.54) is 21.2 Å². The zero-order valence-corrected chi connectivity index (χ0v) is 32.1. The standard InChI is InChI=1S/C44H34O2P2.2BrH/c1-7-19-35(20-8-1)41-31-47(37-23-11-3-12-24-37,38-25-13-4-14-26-38)33-43(45-41)44-34-48(39-27-15-5-16-28-39,40-29-17-6-18-30-40)32-42(46-44)36-21-9-2-10-22-36;;/h1-34H;2*1H/q+2;;/p-2. The van der Waals surface area contributed by atoms with E-state index in [4.69, 9.17) is 9.47 Å². The van der Waals surface area contributed by atoms with Crippen LogP contribution in [-0.4, -0.2) is 0 Å². The van der Waals surface area contributed by atoms with Crippen LogP contribution >= 0.6 is 14.5 Å². The molecule has 50 heavy (non-hydrogen) atoms. The largest absolute Gasteiger partial charge is 1.00 e. The summed E-state index contributed by atoms with van der Waals surface area (Å²) < 4.78 is 14.0. The Morgan fingerprint density at radius 2 is 0.480 bits per heavy atom. The zero-order chi connectivity index (χ0) is 32.2. The lowest BCUT2D eigenvalue weighted by Crippen LogP contribution is -3.00. The van der Waals surface area contributed by atoms with Gasteiger partial charge in [-0.25, -0.2) is 0 Å². The molecule has 6 aromatic rings. The van der Waals surface area contributed by atoms with Gasteiger partial charge in [-0.3, -0.25) is 0 Å². The fraction of sp³-hybridized carbons (Fsp3) is 0. The molecular formula is C44H34Br2O2P2. The lowest BCUT2D eigenvalue weighted by atomic mass is 10.2. The van der Waals surface area contributed by atoms with E-state index in [0.717, 1.165) is 34.2 Å². The third-order valence-corrected chi connectivity index (χ3v) is 16.0. The number of hydrogen-bond donors (Lipinski definition) is 0. The Morgan fingerprint density at radius 1 is 0.260 bits per heavy atom. The summed E-state index contributed by atoms with van der Waals surface area (Å²) in [5.74, 6) is 12.6. The first-order valence-corrected chi connectivity index (χ1v) is 20.0. The Labute approximate surface area is 316 Å². The Hall–Kier alpha value is -4.30. The van der Waals surface area contributed by atoms with Crippen molar-refractivity contribution >= 4 is 47.3 Å². The third kappa shape index (κ3) is 6.87. The SMILES string of the molecule is C1=C(C2=C[P+](c3ccccc3)(c3ccccc3)C=C(c3ccccc3)O2)OC(c2ccccc2)=C[P+]1(c1ccccc1)c1ccccc1.[Br-].[Br-]. The van der Waals surface area contributed by atoms with Gasteiger partial charge in [0.15, 0.2) is 11.5 Å². The van der Waals surface area contributed by atoms with E-state index in [1.807, 2.05) is 12.1 Å². The number of hydrogen-bond acceptors (Lipinski definition) is 2. The first-order valence-electron chi connectivity index (χ1n) is 16.1. The molecule has 246 valence electrons. The molecule has 0 atom stereocenters. The van der Waals surface area contributed by atoms with E-state index in [-0.39, 0.29) is 34.0 Å². The molecule has 0 spiro atoms. The van der Waals surface area contributed by atoms with E-state index in [9.17, 15) is 0 Å². The van der Waals surface area contributed by atoms with Gasteiger partial charge in [-0.2, -0.15) is 0 Å². The van der Waals surface area contributed by atoms with Crippen molar-refractivity contribution in [2.45, 2.75) is 0 Å². The topological polar surface area (TPSA) is 18.5 Å². The van der Waals surface area contributed by atoms with Crippen molar-refractivity contribution in [3.63, 3.8) is 0 Å². The highest BCUT2D eigenvalue weighted by molar-refractivity contribution is 7.95. The molecule has 2 heterocycles. The quantitative estimate of drug-likeness (QED) is 0.227. The molecule has 0 saturated carbocycles. The van der Waals surface area contributed by atoms with Crippen LogP contribution in [0.2, 0.25) is 0 Å². The molecular weight excluding hydrogens is 782 g/mol. The molecule has 6 aromatic carbocycles. The summed E-state index contributed by atoms with van der Waals surface area (Å²) >= 11 is 0. The summed E-state index contributed by atoms with van der Waals surface area (Å²) in [5.41, 5.74) is 2.06. The van der Waals surface area contributed by atoms with Crippen molar-refractivity contribution in [3.05, 3.63) is 228 Å². The average molecular weight is 817 g/mol. The summed E-state index contributed by atoms with van der Waals surface area (Å²) in [6, 6.07) is 64.2. The molecule has 0 amide bonds. The van der Waals surface area contributed by atoms with Crippen LogP contribution in [0.25, 0.3) is 11.5 Å². The predicted octanol–water partition coefficient (Wildman–Crippen LogP) is 4.07. The van der Waals surface area contributed by atoms with Crippen LogP contribution in [0.4, 0.5) is 0 Å². The highest BCUT2D eigenvalue weighted by Crippen LogP contribution is 2.68. The maximum Gasteiger partial charge on any atom is 0.209 e. The van der Waals surface area contributed by atoms with Gasteiger partial charge in [0.05, 0.1) is 0 Å². The fourth-order valence-electron chi connectivity index (χ4n) is 6.45. The Balaban J connectivity index is 0.00000216. The maximum atomic E-state index is 7.01. The first kappa shape index (κ1) is 35.5. The minimum Gasteiger partial charge on any atom is -1.00 e. The van der Waals surface area contributed by atoms with Crippen LogP contribution in [0.5, 0.6) is 0 Å². The van der Waals surface area contributed by atoms with Gasteiger partial charge in [0.1, 0.15) is 59.0 Å². The van der Waals surface area contributed by atoms with Crippen molar-refractivity contribution in [2.24, 2.45) is 0 Å². The zero-order valence-electron chi connectivity index (χ0n) is 27.1. The number of benzene rings is 6. The third-order valence-electron chi connectivity index (χ3n) is 8.82. The number of rotatable bonds is 7. The van der Waals surface area contributed by atoms with Gasteiger partial charge in [0.2, 0.25) is 11.5 Å². The number of ether oxygens (including phenoxy) is 2. The summed E-state index contributed by atoms with van der Waals surface area (Å²) in [6.07, 6.45) is 0. The summed E-state index contributed by atoms with van der Waals surface area (Å²) in [5, 5.41) is 5.03. The molecule has 0 unspecified atom stereocenters. The first-order chi connectivity index (χ1) is 23.7. The van der Waals surface area contributed by atoms with Crippen molar-refractivity contribution < 1.29 is 43.4 Å². The maximum absolute atomic E-state index is 7.01. The second kappa shape index (κ2) is 15.7. The molecule has 0 bridgehead atoms. The van der Waals surface area contributed by atoms with Gasteiger partial charge in [0.25, 0.3) is 0 Å². The molecule has 0 N–H and O–H groups in total. The second-order valence-corrected chi connectivity index (χ2v) is 18.0. The molecule has 2 nitrogen and oxygen atoms in total. The van der Waals surface area contributed by atoms with Crippen LogP contribution < -0.4 is 55.2 Å². The number of halogens is 2. The molecule has 0 aromatic heterocycles. The molecule has 0 radical (unpaired) electrons. The van der Waals surface area contributed by atoms with Crippen molar-refractivity contribution in [3.8, 4) is 0 Å². The van der Waals surface area contributed by atoms with Gasteiger partial charge in [-0.1, -0.05) is 133 Å². The highest BCUT2D eigenvalue weighted by Gasteiger charge is 2.49. The van der Waals surface area contributed by atoms with Crippen LogP contribution in [-0.2, 0) is 9.47 Å². The molecule has 0 fully saturated rings. The minimum absolute atomic E-state index is 0. The van der Waals surface area contributed by atoms with E-state index in [2.05, 4.69) is 193 Å². The predicted molar refractivity (Wildman–Crippen MR) is 205 cm³/mol. The molecule has 2 aliphatic rings. The van der Waals surface area contributed by atoms with Gasteiger partial charge in [-0.05, 0) is 48.5 Å². The lowest BCUT2D eigenvalue weighted by molar-refractivity contribution is -0.001000.